The van der Waals surface area contributed by atoms with Crippen LogP contribution in [0.3, 0.4) is 0 Å². The highest BCUT2D eigenvalue weighted by Gasteiger charge is 2.23. The summed E-state index contributed by atoms with van der Waals surface area (Å²) in [6, 6.07) is 3.85. The topological polar surface area (TPSA) is 83.3 Å². The van der Waals surface area contributed by atoms with Crippen molar-refractivity contribution in [2.24, 2.45) is 0 Å². The molecule has 0 atom stereocenters. The molecule has 2 rings (SSSR count). The van der Waals surface area contributed by atoms with Crippen LogP contribution in [-0.2, 0) is 27.2 Å². The smallest absolute Gasteiger partial charge is 0.360 e. The quantitative estimate of drug-likeness (QED) is 0.762. The average molecular weight is 295 g/mol. The maximum atomic E-state index is 11.6. The summed E-state index contributed by atoms with van der Waals surface area (Å²) in [5.41, 5.74) is 0.423. The lowest BCUT2D eigenvalue weighted by Crippen LogP contribution is -2.15. The zero-order chi connectivity index (χ0) is 14.5. The first-order valence-electron chi connectivity index (χ1n) is 5.75. The minimum absolute atomic E-state index is 0.0365. The monoisotopic (exact) mass is 295 g/mol. The van der Waals surface area contributed by atoms with E-state index in [1.807, 2.05) is 17.5 Å². The molecule has 2 aromatic rings. The van der Waals surface area contributed by atoms with Gasteiger partial charge in [-0.25, -0.2) is 9.48 Å². The van der Waals surface area contributed by atoms with E-state index < -0.39 is 11.9 Å². The van der Waals surface area contributed by atoms with E-state index in [-0.39, 0.29) is 12.1 Å². The first kappa shape index (κ1) is 14.2. The minimum atomic E-state index is -0.624. The van der Waals surface area contributed by atoms with Crippen molar-refractivity contribution < 1.29 is 19.1 Å². The van der Waals surface area contributed by atoms with Gasteiger partial charge in [-0.05, 0) is 11.4 Å². The Kier molecular flexibility index (Phi) is 4.46. The third-order valence-electron chi connectivity index (χ3n) is 2.64. The lowest BCUT2D eigenvalue weighted by molar-refractivity contribution is -0.139. The first-order valence-corrected chi connectivity index (χ1v) is 6.63. The summed E-state index contributed by atoms with van der Waals surface area (Å²) in [5.74, 6) is -1.09. The summed E-state index contributed by atoms with van der Waals surface area (Å²) in [4.78, 5) is 24.1. The van der Waals surface area contributed by atoms with Crippen LogP contribution in [0.25, 0.3) is 0 Å². The molecule has 0 unspecified atom stereocenters. The fraction of sp³-hybridized carbons (Fsp3) is 0.333. The van der Waals surface area contributed by atoms with Crippen LogP contribution in [-0.4, -0.2) is 41.2 Å². The molecule has 0 bridgehead atoms. The second kappa shape index (κ2) is 6.29. The van der Waals surface area contributed by atoms with Gasteiger partial charge in [-0.3, -0.25) is 4.79 Å². The third-order valence-corrected chi connectivity index (χ3v) is 3.50. The van der Waals surface area contributed by atoms with Crippen LogP contribution in [0.15, 0.2) is 17.5 Å². The van der Waals surface area contributed by atoms with Crippen molar-refractivity contribution in [1.29, 1.82) is 0 Å². The van der Waals surface area contributed by atoms with Crippen molar-refractivity contribution in [3.8, 4) is 0 Å². The summed E-state index contributed by atoms with van der Waals surface area (Å²) in [5, 5.41) is 9.64. The summed E-state index contributed by atoms with van der Waals surface area (Å²) >= 11 is 1.55. The molecule has 0 fully saturated rings. The summed E-state index contributed by atoms with van der Waals surface area (Å²) in [6.45, 7) is 0.438. The van der Waals surface area contributed by atoms with E-state index in [4.69, 9.17) is 0 Å². The van der Waals surface area contributed by atoms with Gasteiger partial charge in [0.25, 0.3) is 0 Å². The van der Waals surface area contributed by atoms with Crippen LogP contribution in [0.5, 0.6) is 0 Å². The first-order chi connectivity index (χ1) is 9.65. The molecule has 0 N–H and O–H groups in total. The molecule has 0 aliphatic heterocycles. The largest absolute Gasteiger partial charge is 0.469 e. The van der Waals surface area contributed by atoms with Gasteiger partial charge in [-0.15, -0.1) is 16.4 Å². The maximum Gasteiger partial charge on any atom is 0.360 e. The van der Waals surface area contributed by atoms with Gasteiger partial charge in [-0.1, -0.05) is 11.3 Å². The maximum absolute atomic E-state index is 11.6. The second-order valence-corrected chi connectivity index (χ2v) is 4.90. The van der Waals surface area contributed by atoms with Crippen molar-refractivity contribution in [2.75, 3.05) is 14.2 Å². The molecule has 0 spiro atoms. The highest BCUT2D eigenvalue weighted by Crippen LogP contribution is 2.14. The van der Waals surface area contributed by atoms with Crippen LogP contribution in [0, 0.1) is 0 Å². The molecule has 0 aliphatic rings. The normalized spacial score (nSPS) is 10.3. The highest BCUT2D eigenvalue weighted by atomic mass is 32.1. The van der Waals surface area contributed by atoms with E-state index in [0.29, 0.717) is 12.2 Å². The predicted octanol–water partition coefficient (Wildman–Crippen LogP) is 0.890. The molecule has 0 aromatic carbocycles. The molecule has 7 nitrogen and oxygen atoms in total. The van der Waals surface area contributed by atoms with Crippen LogP contribution >= 0.6 is 11.3 Å². The Labute approximate surface area is 119 Å². The molecule has 2 heterocycles. The number of methoxy groups -OCH3 is 2. The molecule has 0 aliphatic carbocycles. The molecule has 0 amide bonds. The number of esters is 2. The van der Waals surface area contributed by atoms with E-state index in [1.165, 1.54) is 18.9 Å². The Morgan fingerprint density at radius 2 is 2.15 bits per heavy atom. The Hall–Kier alpha value is -2.22. The third kappa shape index (κ3) is 3.02. The minimum Gasteiger partial charge on any atom is -0.469 e. The Balaban J connectivity index is 2.33. The molecule has 0 saturated heterocycles. The zero-order valence-electron chi connectivity index (χ0n) is 11.0. The molecule has 2 aromatic heterocycles. The van der Waals surface area contributed by atoms with E-state index in [0.717, 1.165) is 4.88 Å². The van der Waals surface area contributed by atoms with Crippen molar-refractivity contribution in [2.45, 2.75) is 13.0 Å². The van der Waals surface area contributed by atoms with Gasteiger partial charge in [-0.2, -0.15) is 0 Å². The average Bonchev–Trinajstić information content (AvgIpc) is 3.09. The van der Waals surface area contributed by atoms with Crippen molar-refractivity contribution >= 4 is 23.3 Å². The van der Waals surface area contributed by atoms with Gasteiger partial charge in [0.05, 0.1) is 32.9 Å². The molecule has 0 radical (unpaired) electrons. The molecule has 0 saturated carbocycles. The fourth-order valence-corrected chi connectivity index (χ4v) is 2.33. The number of carbonyl (C=O) groups is 2. The van der Waals surface area contributed by atoms with Gasteiger partial charge < -0.3 is 9.47 Å². The fourth-order valence-electron chi connectivity index (χ4n) is 1.65. The number of hydrogen-bond donors (Lipinski definition) is 0. The number of aromatic nitrogens is 3. The van der Waals surface area contributed by atoms with E-state index >= 15 is 0 Å². The lowest BCUT2D eigenvalue weighted by Gasteiger charge is -2.05. The van der Waals surface area contributed by atoms with Crippen molar-refractivity contribution in [3.05, 3.63) is 33.8 Å². The Morgan fingerprint density at radius 3 is 2.75 bits per heavy atom. The Morgan fingerprint density at radius 1 is 1.35 bits per heavy atom. The van der Waals surface area contributed by atoms with E-state index in [9.17, 15) is 9.59 Å². The standard InChI is InChI=1S/C12H13N3O4S/c1-18-10(16)6-9-11(12(17)19-2)13-14-15(9)7-8-4-3-5-20-8/h3-5H,6-7H2,1-2H3. The second-order valence-electron chi connectivity index (χ2n) is 3.87. The SMILES string of the molecule is COC(=O)Cc1c(C(=O)OC)nnn1Cc1cccs1. The molecular formula is C12H13N3O4S. The summed E-state index contributed by atoms with van der Waals surface area (Å²) < 4.78 is 10.8. The van der Waals surface area contributed by atoms with Gasteiger partial charge in [0.2, 0.25) is 0 Å². The molecule has 20 heavy (non-hydrogen) atoms. The number of carbonyl (C=O) groups excluding carboxylic acids is 2. The van der Waals surface area contributed by atoms with Crippen molar-refractivity contribution in [3.63, 3.8) is 0 Å². The lowest BCUT2D eigenvalue weighted by atomic mass is 10.2. The van der Waals surface area contributed by atoms with Crippen LogP contribution in [0.4, 0.5) is 0 Å². The number of thiophene rings is 1. The van der Waals surface area contributed by atoms with Gasteiger partial charge >= 0.3 is 11.9 Å². The van der Waals surface area contributed by atoms with Crippen molar-refractivity contribution in [1.82, 2.24) is 15.0 Å². The highest BCUT2D eigenvalue weighted by molar-refractivity contribution is 7.09. The number of rotatable bonds is 5. The molecule has 106 valence electrons. The molecule has 8 heteroatoms. The van der Waals surface area contributed by atoms with Crippen LogP contribution in [0.1, 0.15) is 21.1 Å². The predicted molar refractivity (Wildman–Crippen MR) is 70.5 cm³/mol. The number of ether oxygens (including phenoxy) is 2. The summed E-state index contributed by atoms with van der Waals surface area (Å²) in [7, 11) is 2.54. The number of hydrogen-bond acceptors (Lipinski definition) is 7. The summed E-state index contributed by atoms with van der Waals surface area (Å²) in [6.07, 6.45) is -0.0840. The van der Waals surface area contributed by atoms with Gasteiger partial charge in [0.15, 0.2) is 5.69 Å². The van der Waals surface area contributed by atoms with Crippen LogP contribution < -0.4 is 0 Å². The van der Waals surface area contributed by atoms with Gasteiger partial charge in [0, 0.05) is 4.88 Å². The number of nitrogens with zero attached hydrogens (tertiary/aromatic N) is 3. The van der Waals surface area contributed by atoms with E-state index in [1.54, 1.807) is 11.3 Å². The zero-order valence-corrected chi connectivity index (χ0v) is 11.8. The van der Waals surface area contributed by atoms with Gasteiger partial charge in [0.1, 0.15) is 0 Å². The Bertz CT molecular complexity index is 606. The van der Waals surface area contributed by atoms with Crippen LogP contribution in [0.2, 0.25) is 0 Å². The molecular weight excluding hydrogens is 282 g/mol. The van der Waals surface area contributed by atoms with E-state index in [2.05, 4.69) is 19.8 Å².